The van der Waals surface area contributed by atoms with Crippen molar-refractivity contribution in [2.45, 2.75) is 17.8 Å². The molecule has 0 atom stereocenters. The van der Waals surface area contributed by atoms with Crippen LogP contribution in [0.1, 0.15) is 11.1 Å². The molecule has 0 spiro atoms. The average molecular weight is 367 g/mol. The Bertz CT molecular complexity index is 1030. The SMILES string of the molecule is Cc1ccc(-c2nc(SCc3cc4ccccc4nc3Cl)n[nH]2)cc1. The summed E-state index contributed by atoms with van der Waals surface area (Å²) in [5, 5.41) is 9.58. The summed E-state index contributed by atoms with van der Waals surface area (Å²) in [7, 11) is 0. The van der Waals surface area contributed by atoms with Gasteiger partial charge in [0.05, 0.1) is 5.52 Å². The number of halogens is 1. The first-order valence-electron chi connectivity index (χ1n) is 7.85. The molecule has 0 fully saturated rings. The summed E-state index contributed by atoms with van der Waals surface area (Å²) in [5.74, 6) is 1.44. The van der Waals surface area contributed by atoms with E-state index in [0.29, 0.717) is 16.1 Å². The maximum atomic E-state index is 6.31. The molecule has 0 amide bonds. The quantitative estimate of drug-likeness (QED) is 0.394. The first-order valence-corrected chi connectivity index (χ1v) is 9.22. The van der Waals surface area contributed by atoms with Crippen LogP contribution in [0.15, 0.2) is 59.8 Å². The number of fused-ring (bicyclic) bond motifs is 1. The summed E-state index contributed by atoms with van der Waals surface area (Å²) in [6.45, 7) is 2.06. The Morgan fingerprint density at radius 3 is 2.68 bits per heavy atom. The van der Waals surface area contributed by atoms with Crippen LogP contribution in [0.4, 0.5) is 0 Å². The fraction of sp³-hybridized carbons (Fsp3) is 0.105. The standard InChI is InChI=1S/C19H15ClN4S/c1-12-6-8-13(9-7-12)18-22-19(24-23-18)25-11-15-10-14-4-2-3-5-16(14)21-17(15)20/h2-10H,11H2,1H3,(H,22,23,24). The first-order chi connectivity index (χ1) is 12.2. The lowest BCUT2D eigenvalue weighted by Gasteiger charge is -2.04. The maximum absolute atomic E-state index is 6.31. The molecule has 0 bridgehead atoms. The molecular formula is C19H15ClN4S. The molecule has 0 aliphatic rings. The maximum Gasteiger partial charge on any atom is 0.209 e. The normalized spacial score (nSPS) is 11.1. The van der Waals surface area contributed by atoms with Crippen molar-refractivity contribution in [2.75, 3.05) is 0 Å². The number of H-pyrrole nitrogens is 1. The monoisotopic (exact) mass is 366 g/mol. The van der Waals surface area contributed by atoms with Crippen LogP contribution >= 0.6 is 23.4 Å². The Hall–Kier alpha value is -2.37. The average Bonchev–Trinajstić information content (AvgIpc) is 3.09. The zero-order chi connectivity index (χ0) is 17.2. The molecule has 0 saturated heterocycles. The minimum atomic E-state index is 0.528. The van der Waals surface area contributed by atoms with Gasteiger partial charge in [-0.2, -0.15) is 0 Å². The lowest BCUT2D eigenvalue weighted by Crippen LogP contribution is -1.89. The van der Waals surface area contributed by atoms with Crippen LogP contribution < -0.4 is 0 Å². The van der Waals surface area contributed by atoms with Crippen LogP contribution in [0.25, 0.3) is 22.3 Å². The minimum absolute atomic E-state index is 0.528. The Labute approximate surface area is 154 Å². The molecule has 4 aromatic rings. The molecule has 124 valence electrons. The van der Waals surface area contributed by atoms with Crippen LogP contribution in [-0.4, -0.2) is 20.2 Å². The van der Waals surface area contributed by atoms with E-state index in [4.69, 9.17) is 11.6 Å². The molecule has 0 aliphatic heterocycles. The lowest BCUT2D eigenvalue weighted by molar-refractivity contribution is 0.973. The highest BCUT2D eigenvalue weighted by Crippen LogP contribution is 2.27. The topological polar surface area (TPSA) is 54.5 Å². The van der Waals surface area contributed by atoms with Crippen LogP contribution in [0, 0.1) is 6.92 Å². The molecule has 0 saturated carbocycles. The van der Waals surface area contributed by atoms with Crippen LogP contribution in [-0.2, 0) is 5.75 Å². The summed E-state index contributed by atoms with van der Waals surface area (Å²) < 4.78 is 0. The zero-order valence-corrected chi connectivity index (χ0v) is 15.1. The molecule has 1 N–H and O–H groups in total. The number of hydrogen-bond donors (Lipinski definition) is 1. The minimum Gasteiger partial charge on any atom is -0.258 e. The van der Waals surface area contributed by atoms with Crippen molar-refractivity contribution in [3.63, 3.8) is 0 Å². The van der Waals surface area contributed by atoms with E-state index in [0.717, 1.165) is 27.9 Å². The van der Waals surface area contributed by atoms with E-state index in [1.165, 1.54) is 17.3 Å². The highest BCUT2D eigenvalue weighted by molar-refractivity contribution is 7.98. The molecule has 0 radical (unpaired) electrons. The number of rotatable bonds is 4. The van der Waals surface area contributed by atoms with Crippen molar-refractivity contribution in [3.05, 3.63) is 70.9 Å². The van der Waals surface area contributed by atoms with E-state index in [1.54, 1.807) is 0 Å². The van der Waals surface area contributed by atoms with Gasteiger partial charge in [-0.3, -0.25) is 5.10 Å². The second-order valence-corrected chi connectivity index (χ2v) is 7.05. The van der Waals surface area contributed by atoms with E-state index in [-0.39, 0.29) is 0 Å². The number of hydrogen-bond acceptors (Lipinski definition) is 4. The number of pyridine rings is 1. The van der Waals surface area contributed by atoms with Gasteiger partial charge in [-0.05, 0) is 19.1 Å². The van der Waals surface area contributed by atoms with Gasteiger partial charge in [-0.1, -0.05) is 71.4 Å². The van der Waals surface area contributed by atoms with Gasteiger partial charge < -0.3 is 0 Å². The third-order valence-corrected chi connectivity index (χ3v) is 5.12. The third-order valence-electron chi connectivity index (χ3n) is 3.90. The van der Waals surface area contributed by atoms with E-state index in [1.807, 2.05) is 36.4 Å². The van der Waals surface area contributed by atoms with Gasteiger partial charge in [0.25, 0.3) is 0 Å². The van der Waals surface area contributed by atoms with Gasteiger partial charge in [0, 0.05) is 22.3 Å². The number of aryl methyl sites for hydroxylation is 1. The number of nitrogens with one attached hydrogen (secondary N) is 1. The van der Waals surface area contributed by atoms with Crippen molar-refractivity contribution in [3.8, 4) is 11.4 Å². The Balaban J connectivity index is 1.52. The second kappa shape index (κ2) is 6.86. The molecule has 4 rings (SSSR count). The molecule has 25 heavy (non-hydrogen) atoms. The molecule has 2 heterocycles. The molecule has 2 aromatic carbocycles. The van der Waals surface area contributed by atoms with Gasteiger partial charge in [0.1, 0.15) is 5.15 Å². The Kier molecular flexibility index (Phi) is 4.42. The highest BCUT2D eigenvalue weighted by Gasteiger charge is 2.09. The fourth-order valence-corrected chi connectivity index (χ4v) is 3.59. The molecule has 0 aliphatic carbocycles. The highest BCUT2D eigenvalue weighted by atomic mass is 35.5. The zero-order valence-electron chi connectivity index (χ0n) is 13.5. The summed E-state index contributed by atoms with van der Waals surface area (Å²) in [6, 6.07) is 18.2. The van der Waals surface area contributed by atoms with Gasteiger partial charge in [0.15, 0.2) is 5.82 Å². The van der Waals surface area contributed by atoms with Crippen LogP contribution in [0.2, 0.25) is 5.15 Å². The van der Waals surface area contributed by atoms with Gasteiger partial charge in [-0.25, -0.2) is 9.97 Å². The summed E-state index contributed by atoms with van der Waals surface area (Å²) >= 11 is 7.85. The van der Waals surface area contributed by atoms with Gasteiger partial charge >= 0.3 is 0 Å². The van der Waals surface area contributed by atoms with Crippen molar-refractivity contribution in [1.82, 2.24) is 20.2 Å². The summed E-state index contributed by atoms with van der Waals surface area (Å²) in [4.78, 5) is 9.00. The largest absolute Gasteiger partial charge is 0.258 e. The summed E-state index contributed by atoms with van der Waals surface area (Å²) in [5.41, 5.74) is 4.12. The molecular weight excluding hydrogens is 352 g/mol. The predicted molar refractivity (Wildman–Crippen MR) is 103 cm³/mol. The second-order valence-electron chi connectivity index (χ2n) is 5.75. The van der Waals surface area contributed by atoms with Crippen molar-refractivity contribution in [1.29, 1.82) is 0 Å². The number of aromatic nitrogens is 4. The van der Waals surface area contributed by atoms with Crippen molar-refractivity contribution in [2.24, 2.45) is 0 Å². The van der Waals surface area contributed by atoms with E-state index < -0.39 is 0 Å². The third kappa shape index (κ3) is 3.52. The number of benzene rings is 2. The number of aromatic amines is 1. The summed E-state index contributed by atoms with van der Waals surface area (Å²) in [6.07, 6.45) is 0. The van der Waals surface area contributed by atoms with Crippen molar-refractivity contribution < 1.29 is 0 Å². The number of thioether (sulfide) groups is 1. The fourth-order valence-electron chi connectivity index (χ4n) is 2.53. The van der Waals surface area contributed by atoms with Gasteiger partial charge in [-0.15, -0.1) is 5.10 Å². The van der Waals surface area contributed by atoms with E-state index >= 15 is 0 Å². The Morgan fingerprint density at radius 2 is 1.84 bits per heavy atom. The molecule has 6 heteroatoms. The molecule has 4 nitrogen and oxygen atoms in total. The first kappa shape index (κ1) is 16.1. The van der Waals surface area contributed by atoms with E-state index in [9.17, 15) is 0 Å². The number of nitrogens with zero attached hydrogens (tertiary/aromatic N) is 3. The molecule has 2 aromatic heterocycles. The van der Waals surface area contributed by atoms with Crippen LogP contribution in [0.5, 0.6) is 0 Å². The lowest BCUT2D eigenvalue weighted by atomic mass is 10.1. The van der Waals surface area contributed by atoms with Crippen molar-refractivity contribution >= 4 is 34.3 Å². The Morgan fingerprint density at radius 1 is 1.04 bits per heavy atom. The smallest absolute Gasteiger partial charge is 0.209 e. The molecule has 0 unspecified atom stereocenters. The van der Waals surface area contributed by atoms with E-state index in [2.05, 4.69) is 45.3 Å². The number of para-hydroxylation sites is 1. The van der Waals surface area contributed by atoms with Gasteiger partial charge in [0.2, 0.25) is 5.16 Å². The predicted octanol–water partition coefficient (Wildman–Crippen LogP) is 5.27. The van der Waals surface area contributed by atoms with Crippen LogP contribution in [0.3, 0.4) is 0 Å².